The van der Waals surface area contributed by atoms with E-state index < -0.39 is 52.0 Å². The van der Waals surface area contributed by atoms with Gasteiger partial charge in [0.2, 0.25) is 17.0 Å². The summed E-state index contributed by atoms with van der Waals surface area (Å²) in [5.74, 6) is -3.35. The molecule has 41 heavy (non-hydrogen) atoms. The largest absolute Gasteiger partial charge is 0.486 e. The predicted molar refractivity (Wildman–Crippen MR) is 143 cm³/mol. The number of aromatic carboxylic acids is 1. The molecule has 12 nitrogen and oxygen atoms in total. The van der Waals surface area contributed by atoms with Crippen LogP contribution in [0.1, 0.15) is 45.2 Å². The van der Waals surface area contributed by atoms with Crippen LogP contribution in [0.25, 0.3) is 22.1 Å². The maximum absolute atomic E-state index is 13.6. The van der Waals surface area contributed by atoms with Crippen molar-refractivity contribution in [3.63, 3.8) is 0 Å². The standard InChI is InChI=1S/C29H32O12/c1-25(14-30)26(2,34)27(3,35)28(4,36)29(5,41-25)40-16-7-8-17-19(13-16)39-23(24(32)33)21(22(17)31)15-6-9-18-20(12-15)38-11-10-37-18/h6-9,12-13,30,34-36H,10-11,14H2,1-5H3,(H,32,33)/t25-,26+,27-,28+,29+/m0/s1. The van der Waals surface area contributed by atoms with Crippen LogP contribution >= 0.6 is 0 Å². The molecule has 0 saturated carbocycles. The lowest BCUT2D eigenvalue weighted by atomic mass is 9.61. The highest BCUT2D eigenvalue weighted by Crippen LogP contribution is 2.53. The van der Waals surface area contributed by atoms with E-state index in [9.17, 15) is 35.1 Å². The van der Waals surface area contributed by atoms with Gasteiger partial charge in [0.1, 0.15) is 41.3 Å². The molecule has 2 aromatic carbocycles. The summed E-state index contributed by atoms with van der Waals surface area (Å²) in [4.78, 5) is 25.8. The molecule has 3 aromatic rings. The molecule has 3 heterocycles. The lowest BCUT2D eigenvalue weighted by Gasteiger charge is -2.64. The number of hydrogen-bond donors (Lipinski definition) is 5. The smallest absolute Gasteiger partial charge is 0.372 e. The van der Waals surface area contributed by atoms with E-state index in [-0.39, 0.29) is 27.8 Å². The number of benzene rings is 2. The third kappa shape index (κ3) is 4.01. The molecule has 5 N–H and O–H groups in total. The van der Waals surface area contributed by atoms with Crippen molar-refractivity contribution in [2.45, 2.75) is 62.8 Å². The quantitative estimate of drug-likeness (QED) is 0.300. The molecule has 1 fully saturated rings. The number of rotatable bonds is 5. The zero-order valence-electron chi connectivity index (χ0n) is 23.2. The second kappa shape index (κ2) is 9.16. The summed E-state index contributed by atoms with van der Waals surface area (Å²) in [5.41, 5.74) is -9.10. The van der Waals surface area contributed by atoms with E-state index in [4.69, 9.17) is 23.4 Å². The van der Waals surface area contributed by atoms with E-state index in [2.05, 4.69) is 0 Å². The van der Waals surface area contributed by atoms with Gasteiger partial charge in [0.15, 0.2) is 17.1 Å². The third-order valence-corrected chi connectivity index (χ3v) is 8.73. The van der Waals surface area contributed by atoms with Gasteiger partial charge in [-0.1, -0.05) is 6.07 Å². The van der Waals surface area contributed by atoms with Crippen LogP contribution in [0.3, 0.4) is 0 Å². The Morgan fingerprint density at radius 2 is 1.56 bits per heavy atom. The molecule has 0 radical (unpaired) electrons. The predicted octanol–water partition coefficient (Wildman–Crippen LogP) is 2.06. The first-order valence-electron chi connectivity index (χ1n) is 12.9. The molecule has 5 rings (SSSR count). The van der Waals surface area contributed by atoms with Crippen molar-refractivity contribution >= 4 is 16.9 Å². The van der Waals surface area contributed by atoms with Gasteiger partial charge in [-0.3, -0.25) is 4.79 Å². The number of carboxylic acid groups (broad SMARTS) is 1. The Bertz CT molecular complexity index is 1600. The van der Waals surface area contributed by atoms with Crippen LogP contribution in [0.4, 0.5) is 0 Å². The topological polar surface area (TPSA) is 185 Å². The average Bonchev–Trinajstić information content (AvgIpc) is 2.91. The molecule has 12 heteroatoms. The maximum Gasteiger partial charge on any atom is 0.372 e. The molecule has 0 bridgehead atoms. The molecular formula is C29H32O12. The summed E-state index contributed by atoms with van der Waals surface area (Å²) in [6, 6.07) is 8.63. The summed E-state index contributed by atoms with van der Waals surface area (Å²) in [5, 5.41) is 53.9. The Morgan fingerprint density at radius 3 is 2.20 bits per heavy atom. The number of carboxylic acids is 1. The maximum atomic E-state index is 13.6. The molecule has 1 saturated heterocycles. The summed E-state index contributed by atoms with van der Waals surface area (Å²) in [7, 11) is 0. The minimum absolute atomic E-state index is 0.0236. The van der Waals surface area contributed by atoms with Crippen molar-refractivity contribution in [3.8, 4) is 28.4 Å². The lowest BCUT2D eigenvalue weighted by Crippen LogP contribution is -2.85. The van der Waals surface area contributed by atoms with E-state index in [0.29, 0.717) is 24.7 Å². The van der Waals surface area contributed by atoms with Gasteiger partial charge < -0.3 is 48.9 Å². The van der Waals surface area contributed by atoms with Crippen LogP contribution in [0.15, 0.2) is 45.6 Å². The normalized spacial score (nSPS) is 33.0. The minimum Gasteiger partial charge on any atom is -0.486 e. The fourth-order valence-electron chi connectivity index (χ4n) is 5.44. The molecule has 2 aliphatic heterocycles. The van der Waals surface area contributed by atoms with Crippen molar-refractivity contribution in [1.29, 1.82) is 0 Å². The molecule has 0 spiro atoms. The molecule has 0 amide bonds. The molecule has 1 aromatic heterocycles. The first kappa shape index (κ1) is 28.8. The van der Waals surface area contributed by atoms with Gasteiger partial charge in [-0.05, 0) is 57.5 Å². The van der Waals surface area contributed by atoms with E-state index in [0.717, 1.165) is 0 Å². The summed E-state index contributed by atoms with van der Waals surface area (Å²) in [6.07, 6.45) is 0. The Labute approximate surface area is 234 Å². The Hall–Kier alpha value is -3.68. The highest BCUT2D eigenvalue weighted by molar-refractivity contribution is 5.97. The lowest BCUT2D eigenvalue weighted by molar-refractivity contribution is -0.441. The number of carbonyl (C=O) groups is 1. The van der Waals surface area contributed by atoms with Gasteiger partial charge in [0.25, 0.3) is 0 Å². The number of aliphatic hydroxyl groups excluding tert-OH is 1. The number of hydrogen-bond acceptors (Lipinski definition) is 11. The van der Waals surface area contributed by atoms with Gasteiger partial charge in [-0.25, -0.2) is 4.79 Å². The molecule has 0 unspecified atom stereocenters. The van der Waals surface area contributed by atoms with Crippen molar-refractivity contribution in [3.05, 3.63) is 52.4 Å². The second-order valence-electron chi connectivity index (χ2n) is 11.2. The van der Waals surface area contributed by atoms with Crippen LogP contribution in [0, 0.1) is 0 Å². The van der Waals surface area contributed by atoms with Crippen molar-refractivity contribution in [2.24, 2.45) is 0 Å². The van der Waals surface area contributed by atoms with Crippen molar-refractivity contribution in [2.75, 3.05) is 19.8 Å². The average molecular weight is 573 g/mol. The second-order valence-corrected chi connectivity index (χ2v) is 11.2. The molecule has 220 valence electrons. The highest BCUT2D eigenvalue weighted by atomic mass is 16.7. The van der Waals surface area contributed by atoms with Gasteiger partial charge in [0.05, 0.1) is 17.6 Å². The molecule has 0 aliphatic carbocycles. The number of ether oxygens (including phenoxy) is 4. The highest BCUT2D eigenvalue weighted by Gasteiger charge is 2.75. The van der Waals surface area contributed by atoms with E-state index in [1.807, 2.05) is 0 Å². The first-order chi connectivity index (χ1) is 19.0. The van der Waals surface area contributed by atoms with Crippen molar-refractivity contribution < 1.29 is 53.7 Å². The van der Waals surface area contributed by atoms with Gasteiger partial charge in [-0.2, -0.15) is 0 Å². The van der Waals surface area contributed by atoms with Crippen molar-refractivity contribution in [1.82, 2.24) is 0 Å². The SMILES string of the molecule is C[C@@]1(Oc2ccc3c(=O)c(-c4ccc5c(c4)OCCO5)c(C(=O)O)oc3c2)O[C@@](C)(CO)[C@@](C)(O)[C@](C)(O)[C@@]1(C)O. The van der Waals surface area contributed by atoms with Gasteiger partial charge >= 0.3 is 5.97 Å². The van der Waals surface area contributed by atoms with E-state index >= 15 is 0 Å². The van der Waals surface area contributed by atoms with Crippen LogP contribution in [0.5, 0.6) is 17.2 Å². The van der Waals surface area contributed by atoms with Gasteiger partial charge in [-0.15, -0.1) is 0 Å². The Kier molecular flexibility index (Phi) is 6.44. The van der Waals surface area contributed by atoms with Crippen LogP contribution in [-0.2, 0) is 4.74 Å². The fourth-order valence-corrected chi connectivity index (χ4v) is 5.44. The first-order valence-corrected chi connectivity index (χ1v) is 12.9. The van der Waals surface area contributed by atoms with E-state index in [1.165, 1.54) is 65.0 Å². The van der Waals surface area contributed by atoms with Gasteiger partial charge in [0, 0.05) is 13.0 Å². The zero-order chi connectivity index (χ0) is 30.2. The van der Waals surface area contributed by atoms with Crippen LogP contribution < -0.4 is 19.6 Å². The summed E-state index contributed by atoms with van der Waals surface area (Å²) < 4.78 is 28.8. The number of fused-ring (bicyclic) bond motifs is 2. The van der Waals surface area contributed by atoms with Crippen LogP contribution in [0.2, 0.25) is 0 Å². The van der Waals surface area contributed by atoms with E-state index in [1.54, 1.807) is 6.07 Å². The monoisotopic (exact) mass is 572 g/mol. The minimum atomic E-state index is -2.26. The Morgan fingerprint density at radius 1 is 0.902 bits per heavy atom. The zero-order valence-corrected chi connectivity index (χ0v) is 23.2. The number of aliphatic hydroxyl groups is 4. The molecule has 5 atom stereocenters. The van der Waals surface area contributed by atoms with Crippen LogP contribution in [-0.4, -0.2) is 79.5 Å². The fraction of sp³-hybridized carbons (Fsp3) is 0.448. The Balaban J connectivity index is 1.60. The summed E-state index contributed by atoms with van der Waals surface area (Å²) >= 11 is 0. The summed E-state index contributed by atoms with van der Waals surface area (Å²) in [6.45, 7) is 6.25. The third-order valence-electron chi connectivity index (χ3n) is 8.73. The molecule has 2 aliphatic rings. The molecular weight excluding hydrogens is 540 g/mol.